The SMILES string of the molecule is COc1ccc(Cc2cn[nH]c2N)cc1O. The number of aromatic hydroxyl groups is 1. The number of H-pyrrole nitrogens is 1. The molecule has 0 saturated carbocycles. The summed E-state index contributed by atoms with van der Waals surface area (Å²) in [5, 5.41) is 16.1. The van der Waals surface area contributed by atoms with E-state index in [0.29, 0.717) is 18.0 Å². The third-order valence-electron chi connectivity index (χ3n) is 2.39. The van der Waals surface area contributed by atoms with Crippen LogP contribution in [-0.2, 0) is 6.42 Å². The first-order valence-electron chi connectivity index (χ1n) is 4.84. The van der Waals surface area contributed by atoms with Gasteiger partial charge in [0, 0.05) is 12.0 Å². The van der Waals surface area contributed by atoms with Crippen LogP contribution in [0, 0.1) is 0 Å². The van der Waals surface area contributed by atoms with Crippen molar-refractivity contribution in [1.82, 2.24) is 10.2 Å². The van der Waals surface area contributed by atoms with Gasteiger partial charge in [0.2, 0.25) is 0 Å². The lowest BCUT2D eigenvalue weighted by Gasteiger charge is -2.05. The number of hydrogen-bond acceptors (Lipinski definition) is 4. The molecule has 0 bridgehead atoms. The van der Waals surface area contributed by atoms with Gasteiger partial charge in [-0.15, -0.1) is 0 Å². The molecule has 4 N–H and O–H groups in total. The van der Waals surface area contributed by atoms with Crippen molar-refractivity contribution in [2.24, 2.45) is 0 Å². The molecular formula is C11H13N3O2. The fourth-order valence-electron chi connectivity index (χ4n) is 1.53. The minimum absolute atomic E-state index is 0.127. The van der Waals surface area contributed by atoms with Gasteiger partial charge in [-0.05, 0) is 17.7 Å². The van der Waals surface area contributed by atoms with Gasteiger partial charge in [-0.3, -0.25) is 5.10 Å². The van der Waals surface area contributed by atoms with Crippen molar-refractivity contribution in [3.63, 3.8) is 0 Å². The van der Waals surface area contributed by atoms with Gasteiger partial charge in [0.1, 0.15) is 5.82 Å². The maximum atomic E-state index is 9.61. The molecule has 0 unspecified atom stereocenters. The van der Waals surface area contributed by atoms with Gasteiger partial charge >= 0.3 is 0 Å². The lowest BCUT2D eigenvalue weighted by atomic mass is 10.1. The summed E-state index contributed by atoms with van der Waals surface area (Å²) >= 11 is 0. The standard InChI is InChI=1S/C11H13N3O2/c1-16-10-3-2-7(5-9(10)15)4-8-6-13-14-11(8)12/h2-3,5-6,15H,4H2,1H3,(H3,12,13,14). The van der Waals surface area contributed by atoms with E-state index in [4.69, 9.17) is 10.5 Å². The first kappa shape index (κ1) is 10.4. The molecule has 2 rings (SSSR count). The number of aromatic nitrogens is 2. The number of nitrogens with one attached hydrogen (secondary N) is 1. The normalized spacial score (nSPS) is 10.3. The van der Waals surface area contributed by atoms with Crippen LogP contribution in [0.3, 0.4) is 0 Å². The Hall–Kier alpha value is -2.17. The maximum Gasteiger partial charge on any atom is 0.160 e. The van der Waals surface area contributed by atoms with Gasteiger partial charge in [-0.25, -0.2) is 0 Å². The van der Waals surface area contributed by atoms with Crippen LogP contribution in [0.15, 0.2) is 24.4 Å². The van der Waals surface area contributed by atoms with Crippen molar-refractivity contribution in [3.8, 4) is 11.5 Å². The molecule has 84 valence electrons. The highest BCUT2D eigenvalue weighted by molar-refractivity contribution is 5.45. The number of rotatable bonds is 3. The molecule has 0 aliphatic rings. The van der Waals surface area contributed by atoms with Crippen molar-refractivity contribution in [2.75, 3.05) is 12.8 Å². The number of anilines is 1. The van der Waals surface area contributed by atoms with Gasteiger partial charge in [0.15, 0.2) is 11.5 Å². The highest BCUT2D eigenvalue weighted by Crippen LogP contribution is 2.27. The highest BCUT2D eigenvalue weighted by atomic mass is 16.5. The van der Waals surface area contributed by atoms with Gasteiger partial charge in [0.05, 0.1) is 13.3 Å². The molecule has 5 heteroatoms. The molecule has 0 saturated heterocycles. The van der Waals surface area contributed by atoms with Crippen LogP contribution in [0.2, 0.25) is 0 Å². The fourth-order valence-corrected chi connectivity index (χ4v) is 1.53. The predicted octanol–water partition coefficient (Wildman–Crippen LogP) is 1.30. The minimum Gasteiger partial charge on any atom is -0.504 e. The topological polar surface area (TPSA) is 84.2 Å². The fraction of sp³-hybridized carbons (Fsp3) is 0.182. The summed E-state index contributed by atoms with van der Waals surface area (Å²) in [6.07, 6.45) is 2.30. The van der Waals surface area contributed by atoms with Crippen LogP contribution in [-0.4, -0.2) is 22.4 Å². The van der Waals surface area contributed by atoms with Crippen LogP contribution >= 0.6 is 0 Å². The van der Waals surface area contributed by atoms with Crippen molar-refractivity contribution in [2.45, 2.75) is 6.42 Å². The second-order valence-corrected chi connectivity index (χ2v) is 3.49. The quantitative estimate of drug-likeness (QED) is 0.726. The summed E-state index contributed by atoms with van der Waals surface area (Å²) in [6.45, 7) is 0. The average Bonchev–Trinajstić information content (AvgIpc) is 2.65. The van der Waals surface area contributed by atoms with Gasteiger partial charge in [0.25, 0.3) is 0 Å². The molecule has 1 heterocycles. The number of nitrogens with zero attached hydrogens (tertiary/aromatic N) is 1. The van der Waals surface area contributed by atoms with E-state index in [-0.39, 0.29) is 5.75 Å². The van der Waals surface area contributed by atoms with Crippen LogP contribution in [0.4, 0.5) is 5.82 Å². The Morgan fingerprint density at radius 1 is 1.50 bits per heavy atom. The zero-order chi connectivity index (χ0) is 11.5. The van der Waals surface area contributed by atoms with Crippen LogP contribution in [0.5, 0.6) is 11.5 Å². The summed E-state index contributed by atoms with van der Waals surface area (Å²) in [7, 11) is 1.52. The Morgan fingerprint density at radius 3 is 2.88 bits per heavy atom. The van der Waals surface area contributed by atoms with E-state index in [1.165, 1.54) is 7.11 Å². The molecule has 16 heavy (non-hydrogen) atoms. The Morgan fingerprint density at radius 2 is 2.31 bits per heavy atom. The van der Waals surface area contributed by atoms with Crippen molar-refractivity contribution >= 4 is 5.82 Å². The number of hydrogen-bond donors (Lipinski definition) is 3. The minimum atomic E-state index is 0.127. The molecule has 0 aliphatic heterocycles. The molecular weight excluding hydrogens is 206 g/mol. The van der Waals surface area contributed by atoms with E-state index in [2.05, 4.69) is 10.2 Å². The Labute approximate surface area is 92.9 Å². The largest absolute Gasteiger partial charge is 0.504 e. The van der Waals surface area contributed by atoms with Gasteiger partial charge in [-0.1, -0.05) is 6.07 Å². The van der Waals surface area contributed by atoms with E-state index in [9.17, 15) is 5.11 Å². The predicted molar refractivity (Wildman–Crippen MR) is 60.5 cm³/mol. The van der Waals surface area contributed by atoms with Crippen molar-refractivity contribution < 1.29 is 9.84 Å². The zero-order valence-corrected chi connectivity index (χ0v) is 8.90. The monoisotopic (exact) mass is 219 g/mol. The van der Waals surface area contributed by atoms with E-state index in [0.717, 1.165) is 11.1 Å². The summed E-state index contributed by atoms with van der Waals surface area (Å²) in [5.41, 5.74) is 7.53. The molecule has 0 fully saturated rings. The third kappa shape index (κ3) is 1.93. The molecule has 1 aromatic heterocycles. The zero-order valence-electron chi connectivity index (χ0n) is 8.90. The number of benzene rings is 1. The smallest absolute Gasteiger partial charge is 0.160 e. The number of phenolic OH excluding ortho intramolecular Hbond substituents is 1. The lowest BCUT2D eigenvalue weighted by molar-refractivity contribution is 0.373. The van der Waals surface area contributed by atoms with Crippen molar-refractivity contribution in [1.29, 1.82) is 0 Å². The second-order valence-electron chi connectivity index (χ2n) is 3.49. The van der Waals surface area contributed by atoms with Crippen LogP contribution in [0.1, 0.15) is 11.1 Å². The molecule has 2 aromatic rings. The average molecular weight is 219 g/mol. The number of methoxy groups -OCH3 is 1. The van der Waals surface area contributed by atoms with Gasteiger partial charge in [-0.2, -0.15) is 5.10 Å². The lowest BCUT2D eigenvalue weighted by Crippen LogP contribution is -1.93. The van der Waals surface area contributed by atoms with E-state index in [1.807, 2.05) is 6.07 Å². The Bertz CT molecular complexity index is 494. The molecule has 0 spiro atoms. The highest BCUT2D eigenvalue weighted by Gasteiger charge is 2.06. The number of phenols is 1. The van der Waals surface area contributed by atoms with Crippen molar-refractivity contribution in [3.05, 3.63) is 35.5 Å². The number of ether oxygens (including phenoxy) is 1. The summed E-state index contributed by atoms with van der Waals surface area (Å²) in [4.78, 5) is 0. The molecule has 5 nitrogen and oxygen atoms in total. The molecule has 0 atom stereocenters. The number of aromatic amines is 1. The van der Waals surface area contributed by atoms with Crippen LogP contribution in [0.25, 0.3) is 0 Å². The first-order chi connectivity index (χ1) is 7.70. The first-order valence-corrected chi connectivity index (χ1v) is 4.84. The molecule has 0 aliphatic carbocycles. The Kier molecular flexibility index (Phi) is 2.68. The van der Waals surface area contributed by atoms with E-state index in [1.54, 1.807) is 18.3 Å². The number of nitrogen functional groups attached to an aromatic ring is 1. The molecule has 1 aromatic carbocycles. The molecule has 0 radical (unpaired) electrons. The summed E-state index contributed by atoms with van der Waals surface area (Å²) in [6, 6.07) is 5.26. The second kappa shape index (κ2) is 4.14. The Balaban J connectivity index is 2.23. The van der Waals surface area contributed by atoms with Crippen LogP contribution < -0.4 is 10.5 Å². The summed E-state index contributed by atoms with van der Waals surface area (Å²) < 4.78 is 4.97. The van der Waals surface area contributed by atoms with E-state index < -0.39 is 0 Å². The third-order valence-corrected chi connectivity index (χ3v) is 2.39. The maximum absolute atomic E-state index is 9.61. The van der Waals surface area contributed by atoms with E-state index >= 15 is 0 Å². The van der Waals surface area contributed by atoms with Gasteiger partial charge < -0.3 is 15.6 Å². The molecule has 0 amide bonds. The summed E-state index contributed by atoms with van der Waals surface area (Å²) in [5.74, 6) is 1.14. The number of nitrogens with two attached hydrogens (primary N) is 1.